The third-order valence-electron chi connectivity index (χ3n) is 4.83. The van der Waals surface area contributed by atoms with Crippen LogP contribution >= 0.6 is 0 Å². The first-order valence-electron chi connectivity index (χ1n) is 8.54. The molecule has 1 aromatic carbocycles. The third-order valence-corrected chi connectivity index (χ3v) is 4.83. The topological polar surface area (TPSA) is 83.3 Å². The van der Waals surface area contributed by atoms with E-state index < -0.39 is 5.69 Å². The van der Waals surface area contributed by atoms with Gasteiger partial charge in [-0.25, -0.2) is 4.79 Å². The van der Waals surface area contributed by atoms with Crippen molar-refractivity contribution < 1.29 is 4.42 Å². The van der Waals surface area contributed by atoms with Crippen LogP contribution in [0.1, 0.15) is 29.9 Å². The van der Waals surface area contributed by atoms with Gasteiger partial charge in [-0.05, 0) is 24.6 Å². The van der Waals surface area contributed by atoms with Crippen molar-refractivity contribution in [3.8, 4) is 0 Å². The number of anilines is 1. The Morgan fingerprint density at radius 2 is 1.96 bits per heavy atom. The minimum Gasteiger partial charge on any atom is -0.467 e. The molecule has 4 rings (SSSR count). The minimum atomic E-state index is -0.442. The molecule has 26 heavy (non-hydrogen) atoms. The molecule has 1 aliphatic rings. The van der Waals surface area contributed by atoms with Crippen LogP contribution in [-0.4, -0.2) is 21.1 Å². The van der Waals surface area contributed by atoms with Gasteiger partial charge in [-0.2, -0.15) is 0 Å². The molecule has 2 aromatic heterocycles. The zero-order chi connectivity index (χ0) is 18.1. The SMILES string of the molecule is CC(c1ccccc1)N1CNc2c(c(=O)[nH]c(=O)n2Cc2ccco2)C1. The van der Waals surface area contributed by atoms with E-state index in [1.54, 1.807) is 18.4 Å². The van der Waals surface area contributed by atoms with Gasteiger partial charge in [0.25, 0.3) is 5.56 Å². The van der Waals surface area contributed by atoms with E-state index in [2.05, 4.69) is 34.3 Å². The zero-order valence-corrected chi connectivity index (χ0v) is 14.4. The van der Waals surface area contributed by atoms with Crippen molar-refractivity contribution in [1.82, 2.24) is 14.5 Å². The van der Waals surface area contributed by atoms with Gasteiger partial charge >= 0.3 is 5.69 Å². The lowest BCUT2D eigenvalue weighted by Crippen LogP contribution is -2.44. The van der Waals surface area contributed by atoms with Crippen molar-refractivity contribution in [3.63, 3.8) is 0 Å². The number of benzene rings is 1. The van der Waals surface area contributed by atoms with E-state index in [1.807, 2.05) is 18.2 Å². The molecule has 134 valence electrons. The molecule has 1 unspecified atom stereocenters. The van der Waals surface area contributed by atoms with E-state index in [0.29, 0.717) is 30.4 Å². The number of nitrogens with zero attached hydrogens (tertiary/aromatic N) is 2. The van der Waals surface area contributed by atoms with Gasteiger partial charge in [-0.15, -0.1) is 0 Å². The molecule has 1 aliphatic heterocycles. The Morgan fingerprint density at radius 3 is 2.69 bits per heavy atom. The molecule has 0 saturated carbocycles. The van der Waals surface area contributed by atoms with Crippen LogP contribution in [0.5, 0.6) is 0 Å². The first-order valence-corrected chi connectivity index (χ1v) is 8.54. The summed E-state index contributed by atoms with van der Waals surface area (Å²) < 4.78 is 6.85. The highest BCUT2D eigenvalue weighted by Gasteiger charge is 2.26. The van der Waals surface area contributed by atoms with Crippen molar-refractivity contribution in [3.05, 3.63) is 86.5 Å². The van der Waals surface area contributed by atoms with E-state index in [0.717, 1.165) is 0 Å². The maximum atomic E-state index is 12.4. The van der Waals surface area contributed by atoms with Crippen LogP contribution in [0.2, 0.25) is 0 Å². The molecule has 0 amide bonds. The van der Waals surface area contributed by atoms with Crippen LogP contribution in [0.3, 0.4) is 0 Å². The molecule has 0 saturated heterocycles. The lowest BCUT2D eigenvalue weighted by Gasteiger charge is -2.35. The molecule has 0 aliphatic carbocycles. The van der Waals surface area contributed by atoms with Crippen molar-refractivity contribution in [2.24, 2.45) is 0 Å². The van der Waals surface area contributed by atoms with Crippen molar-refractivity contribution in [2.45, 2.75) is 26.1 Å². The second-order valence-corrected chi connectivity index (χ2v) is 6.42. The number of hydrogen-bond acceptors (Lipinski definition) is 5. The van der Waals surface area contributed by atoms with Crippen molar-refractivity contribution in [2.75, 3.05) is 12.0 Å². The highest BCUT2D eigenvalue weighted by molar-refractivity contribution is 5.46. The van der Waals surface area contributed by atoms with Gasteiger partial charge in [0.1, 0.15) is 11.6 Å². The summed E-state index contributed by atoms with van der Waals surface area (Å²) in [6.07, 6.45) is 1.56. The highest BCUT2D eigenvalue weighted by Crippen LogP contribution is 2.26. The predicted molar refractivity (Wildman–Crippen MR) is 98.0 cm³/mol. The molecule has 7 heteroatoms. The summed E-state index contributed by atoms with van der Waals surface area (Å²) in [7, 11) is 0. The van der Waals surface area contributed by atoms with E-state index in [9.17, 15) is 9.59 Å². The molecular weight excluding hydrogens is 332 g/mol. The quantitative estimate of drug-likeness (QED) is 0.751. The van der Waals surface area contributed by atoms with Crippen LogP contribution in [0, 0.1) is 0 Å². The van der Waals surface area contributed by atoms with Crippen molar-refractivity contribution in [1.29, 1.82) is 0 Å². The first kappa shape index (κ1) is 16.4. The molecule has 3 heterocycles. The predicted octanol–water partition coefficient (Wildman–Crippen LogP) is 2.12. The lowest BCUT2D eigenvalue weighted by atomic mass is 10.1. The monoisotopic (exact) mass is 352 g/mol. The van der Waals surface area contributed by atoms with Gasteiger partial charge in [0.05, 0.1) is 25.0 Å². The number of hydrogen-bond donors (Lipinski definition) is 2. The Labute approximate surface area is 149 Å². The maximum Gasteiger partial charge on any atom is 0.330 e. The molecule has 3 aromatic rings. The fourth-order valence-electron chi connectivity index (χ4n) is 3.32. The van der Waals surface area contributed by atoms with E-state index in [4.69, 9.17) is 4.42 Å². The van der Waals surface area contributed by atoms with Gasteiger partial charge < -0.3 is 9.73 Å². The Morgan fingerprint density at radius 1 is 1.15 bits per heavy atom. The fraction of sp³-hybridized carbons (Fsp3) is 0.263. The number of aromatic amines is 1. The number of rotatable bonds is 4. The molecule has 1 atom stereocenters. The van der Waals surface area contributed by atoms with Crippen LogP contribution in [0.25, 0.3) is 0 Å². The normalized spacial score (nSPS) is 15.3. The fourth-order valence-corrected chi connectivity index (χ4v) is 3.32. The van der Waals surface area contributed by atoms with E-state index >= 15 is 0 Å². The number of nitrogens with one attached hydrogen (secondary N) is 2. The smallest absolute Gasteiger partial charge is 0.330 e. The Bertz CT molecular complexity index is 1010. The standard InChI is InChI=1S/C19H20N4O3/c1-13(14-6-3-2-4-7-14)22-11-16-17(20-12-22)23(19(25)21-18(16)24)10-15-8-5-9-26-15/h2-9,13,20H,10-12H2,1H3,(H,21,24,25). The Hall–Kier alpha value is -3.06. The average molecular weight is 352 g/mol. The molecule has 7 nitrogen and oxygen atoms in total. The number of aromatic nitrogens is 2. The number of furan rings is 1. The molecule has 0 bridgehead atoms. The molecule has 0 spiro atoms. The molecule has 2 N–H and O–H groups in total. The summed E-state index contributed by atoms with van der Waals surface area (Å²) >= 11 is 0. The second-order valence-electron chi connectivity index (χ2n) is 6.42. The molecular formula is C19H20N4O3. The first-order chi connectivity index (χ1) is 12.6. The average Bonchev–Trinajstić information content (AvgIpc) is 3.18. The number of fused-ring (bicyclic) bond motifs is 1. The highest BCUT2D eigenvalue weighted by atomic mass is 16.3. The molecule has 0 fully saturated rings. The Kier molecular flexibility index (Phi) is 4.22. The van der Waals surface area contributed by atoms with Crippen LogP contribution in [0.4, 0.5) is 5.82 Å². The third kappa shape index (κ3) is 2.97. The van der Waals surface area contributed by atoms with E-state index in [1.165, 1.54) is 10.1 Å². The van der Waals surface area contributed by atoms with Crippen molar-refractivity contribution >= 4 is 5.82 Å². The van der Waals surface area contributed by atoms with Gasteiger partial charge in [-0.3, -0.25) is 19.2 Å². The summed E-state index contributed by atoms with van der Waals surface area (Å²) in [4.78, 5) is 29.3. The minimum absolute atomic E-state index is 0.140. The largest absolute Gasteiger partial charge is 0.467 e. The van der Waals surface area contributed by atoms with Crippen LogP contribution in [0.15, 0.2) is 62.7 Å². The zero-order valence-electron chi connectivity index (χ0n) is 14.4. The Balaban J connectivity index is 1.67. The van der Waals surface area contributed by atoms with Gasteiger partial charge in [0, 0.05) is 12.6 Å². The summed E-state index contributed by atoms with van der Waals surface area (Å²) in [5.74, 6) is 1.22. The van der Waals surface area contributed by atoms with E-state index in [-0.39, 0.29) is 18.1 Å². The van der Waals surface area contributed by atoms with Gasteiger partial charge in [0.15, 0.2) is 0 Å². The maximum absolute atomic E-state index is 12.4. The lowest BCUT2D eigenvalue weighted by molar-refractivity contribution is 0.206. The summed E-state index contributed by atoms with van der Waals surface area (Å²) in [6.45, 7) is 3.39. The summed E-state index contributed by atoms with van der Waals surface area (Å²) in [5, 5.41) is 3.25. The molecule has 0 radical (unpaired) electrons. The van der Waals surface area contributed by atoms with Gasteiger partial charge in [-0.1, -0.05) is 30.3 Å². The number of H-pyrrole nitrogens is 1. The summed E-state index contributed by atoms with van der Waals surface area (Å²) in [5.41, 5.74) is 0.948. The second kappa shape index (κ2) is 6.68. The van der Waals surface area contributed by atoms with Crippen LogP contribution in [-0.2, 0) is 13.1 Å². The van der Waals surface area contributed by atoms with Gasteiger partial charge in [0.2, 0.25) is 0 Å². The van der Waals surface area contributed by atoms with Crippen LogP contribution < -0.4 is 16.6 Å². The summed E-state index contributed by atoms with van der Waals surface area (Å²) in [6, 6.07) is 13.9.